The number of thiophene rings is 1. The third kappa shape index (κ3) is 5.37. The molecule has 1 aromatic heterocycles. The topological polar surface area (TPSA) is 46.5 Å². The first-order valence-corrected chi connectivity index (χ1v) is 7.75. The Balaban J connectivity index is 2.82. The van der Waals surface area contributed by atoms with Gasteiger partial charge in [0.1, 0.15) is 0 Å². The van der Waals surface area contributed by atoms with Crippen molar-refractivity contribution in [1.82, 2.24) is 0 Å². The zero-order valence-corrected chi connectivity index (χ0v) is 14.5. The van der Waals surface area contributed by atoms with Crippen molar-refractivity contribution in [1.29, 1.82) is 0 Å². The maximum atomic E-state index is 10.5. The summed E-state index contributed by atoms with van der Waals surface area (Å²) in [4.78, 5) is 11.7. The Hall–Kier alpha value is -2.07. The van der Waals surface area contributed by atoms with Gasteiger partial charge in [-0.1, -0.05) is 36.0 Å². The largest absolute Gasteiger partial charge is 0.487 e. The van der Waals surface area contributed by atoms with Crippen molar-refractivity contribution in [3.8, 4) is 5.06 Å². The van der Waals surface area contributed by atoms with Crippen molar-refractivity contribution in [2.45, 2.75) is 27.7 Å². The number of aliphatic carboxylic acids is 1. The number of allylic oxidation sites excluding steroid dienone is 6. The molecule has 1 N–H and O–H groups in total. The summed E-state index contributed by atoms with van der Waals surface area (Å²) < 4.78 is 5.34. The zero-order chi connectivity index (χ0) is 16.7. The van der Waals surface area contributed by atoms with E-state index in [0.717, 1.165) is 16.2 Å². The highest BCUT2D eigenvalue weighted by atomic mass is 32.1. The molecule has 1 heterocycles. The van der Waals surface area contributed by atoms with Crippen LogP contribution >= 0.6 is 11.3 Å². The van der Waals surface area contributed by atoms with E-state index in [1.165, 1.54) is 16.5 Å². The van der Waals surface area contributed by atoms with Gasteiger partial charge in [-0.3, -0.25) is 0 Å². The Labute approximate surface area is 135 Å². The number of hydrogen-bond donors (Lipinski definition) is 1. The van der Waals surface area contributed by atoms with Crippen LogP contribution in [-0.2, 0) is 4.79 Å². The molecule has 22 heavy (non-hydrogen) atoms. The van der Waals surface area contributed by atoms with Crippen LogP contribution in [0.5, 0.6) is 5.06 Å². The van der Waals surface area contributed by atoms with Gasteiger partial charge in [0.25, 0.3) is 0 Å². The molecule has 118 valence electrons. The number of aryl methyl sites for hydroxylation is 1. The molecule has 0 unspecified atom stereocenters. The van der Waals surface area contributed by atoms with E-state index in [9.17, 15) is 4.79 Å². The van der Waals surface area contributed by atoms with Crippen LogP contribution in [0.1, 0.15) is 29.9 Å². The Morgan fingerprint density at radius 2 is 1.86 bits per heavy atom. The second-order valence-electron chi connectivity index (χ2n) is 5.02. The van der Waals surface area contributed by atoms with Crippen LogP contribution in [-0.4, -0.2) is 18.2 Å². The molecule has 4 heteroatoms. The van der Waals surface area contributed by atoms with Gasteiger partial charge in [-0.15, -0.1) is 11.3 Å². The molecule has 0 aliphatic carbocycles. The van der Waals surface area contributed by atoms with Gasteiger partial charge < -0.3 is 9.84 Å². The van der Waals surface area contributed by atoms with Gasteiger partial charge in [-0.25, -0.2) is 4.79 Å². The van der Waals surface area contributed by atoms with Gasteiger partial charge in [-0.2, -0.15) is 0 Å². The summed E-state index contributed by atoms with van der Waals surface area (Å²) in [6, 6.07) is 0. The fraction of sp³-hybridized carbons (Fsp3) is 0.278. The molecule has 0 aromatic carbocycles. The molecule has 0 spiro atoms. The van der Waals surface area contributed by atoms with Crippen LogP contribution < -0.4 is 4.74 Å². The number of hydrogen-bond acceptors (Lipinski definition) is 3. The summed E-state index contributed by atoms with van der Waals surface area (Å²) in [6.07, 6.45) is 10.9. The zero-order valence-electron chi connectivity index (χ0n) is 13.6. The van der Waals surface area contributed by atoms with E-state index in [0.29, 0.717) is 5.57 Å². The number of ether oxygens (including phenoxy) is 1. The highest BCUT2D eigenvalue weighted by Gasteiger charge is 2.09. The molecule has 3 nitrogen and oxygen atoms in total. The van der Waals surface area contributed by atoms with E-state index >= 15 is 0 Å². The van der Waals surface area contributed by atoms with Gasteiger partial charge >= 0.3 is 5.97 Å². The molecule has 0 saturated heterocycles. The van der Waals surface area contributed by atoms with E-state index in [-0.39, 0.29) is 0 Å². The average molecular weight is 318 g/mol. The van der Waals surface area contributed by atoms with Crippen molar-refractivity contribution in [2.24, 2.45) is 0 Å². The summed E-state index contributed by atoms with van der Waals surface area (Å²) >= 11 is 1.65. The lowest BCUT2D eigenvalue weighted by Crippen LogP contribution is -1.87. The predicted molar refractivity (Wildman–Crippen MR) is 93.7 cm³/mol. The number of rotatable bonds is 6. The Morgan fingerprint density at radius 3 is 2.41 bits per heavy atom. The standard InChI is InChI=1S/C18H22O3S/c1-12(7-6-8-13(2)11-17(19)20)9-10-16-14(3)18(21-5)22-15(16)4/h6-11H,1-5H3,(H,19,20)/b8-6+,10-9+,12-7+,13-11+. The summed E-state index contributed by atoms with van der Waals surface area (Å²) in [6.45, 7) is 7.90. The van der Waals surface area contributed by atoms with E-state index in [1.807, 2.05) is 25.2 Å². The first kappa shape index (κ1) is 18.0. The highest BCUT2D eigenvalue weighted by Crippen LogP contribution is 2.34. The molecule has 1 aromatic rings. The first-order valence-electron chi connectivity index (χ1n) is 6.93. The Kier molecular flexibility index (Phi) is 6.86. The second-order valence-corrected chi connectivity index (χ2v) is 6.21. The maximum absolute atomic E-state index is 10.5. The average Bonchev–Trinajstić information content (AvgIpc) is 2.70. The fourth-order valence-electron chi connectivity index (χ4n) is 1.95. The maximum Gasteiger partial charge on any atom is 0.328 e. The molecular weight excluding hydrogens is 296 g/mol. The third-order valence-corrected chi connectivity index (χ3v) is 4.29. The van der Waals surface area contributed by atoms with Crippen LogP contribution in [0.15, 0.2) is 41.5 Å². The first-order chi connectivity index (χ1) is 10.3. The molecule has 0 aliphatic heterocycles. The van der Waals surface area contributed by atoms with Crippen LogP contribution in [0.4, 0.5) is 0 Å². The normalized spacial score (nSPS) is 13.3. The van der Waals surface area contributed by atoms with Crippen LogP contribution in [0, 0.1) is 13.8 Å². The molecular formula is C18H22O3S. The number of carboxylic acids is 1. The SMILES string of the molecule is COc1sc(C)c(/C=C/C(C)=C/C=C/C(C)=C/C(=O)O)c1C. The molecule has 0 radical (unpaired) electrons. The van der Waals surface area contributed by atoms with Gasteiger partial charge in [0, 0.05) is 16.5 Å². The summed E-state index contributed by atoms with van der Waals surface area (Å²) in [5.74, 6) is -0.930. The van der Waals surface area contributed by atoms with Crippen molar-refractivity contribution in [3.05, 3.63) is 57.5 Å². The van der Waals surface area contributed by atoms with Gasteiger partial charge in [0.2, 0.25) is 0 Å². The van der Waals surface area contributed by atoms with Crippen molar-refractivity contribution >= 4 is 23.4 Å². The van der Waals surface area contributed by atoms with Crippen molar-refractivity contribution in [2.75, 3.05) is 7.11 Å². The monoisotopic (exact) mass is 318 g/mol. The Bertz CT molecular complexity index is 658. The minimum absolute atomic E-state index is 0.704. The van der Waals surface area contributed by atoms with Gasteiger partial charge in [0.05, 0.1) is 7.11 Å². The number of methoxy groups -OCH3 is 1. The lowest BCUT2D eigenvalue weighted by molar-refractivity contribution is -0.131. The van der Waals surface area contributed by atoms with Gasteiger partial charge in [0.15, 0.2) is 5.06 Å². The van der Waals surface area contributed by atoms with Crippen LogP contribution in [0.2, 0.25) is 0 Å². The van der Waals surface area contributed by atoms with Crippen LogP contribution in [0.25, 0.3) is 6.08 Å². The molecule has 0 amide bonds. The van der Waals surface area contributed by atoms with Crippen molar-refractivity contribution < 1.29 is 14.6 Å². The van der Waals surface area contributed by atoms with E-state index in [2.05, 4.69) is 19.9 Å². The Morgan fingerprint density at radius 1 is 1.18 bits per heavy atom. The summed E-state index contributed by atoms with van der Waals surface area (Å²) in [7, 11) is 1.69. The predicted octanol–water partition coefficient (Wildman–Crippen LogP) is 4.92. The number of carbonyl (C=O) groups is 1. The highest BCUT2D eigenvalue weighted by molar-refractivity contribution is 7.14. The molecule has 0 bridgehead atoms. The van der Waals surface area contributed by atoms with Crippen LogP contribution in [0.3, 0.4) is 0 Å². The lowest BCUT2D eigenvalue weighted by atomic mass is 10.1. The molecule has 0 saturated carbocycles. The molecule has 0 fully saturated rings. The van der Waals surface area contributed by atoms with E-state index < -0.39 is 5.97 Å². The minimum atomic E-state index is -0.930. The smallest absolute Gasteiger partial charge is 0.328 e. The molecule has 0 atom stereocenters. The quantitative estimate of drug-likeness (QED) is 0.598. The fourth-order valence-corrected chi connectivity index (χ4v) is 2.90. The summed E-state index contributed by atoms with van der Waals surface area (Å²) in [5.41, 5.74) is 4.14. The molecule has 1 rings (SSSR count). The van der Waals surface area contributed by atoms with Gasteiger partial charge in [-0.05, 0) is 38.8 Å². The third-order valence-electron chi connectivity index (χ3n) is 3.10. The van der Waals surface area contributed by atoms with E-state index in [4.69, 9.17) is 9.84 Å². The van der Waals surface area contributed by atoms with E-state index in [1.54, 1.807) is 31.4 Å². The second kappa shape index (κ2) is 8.39. The number of carboxylic acid groups (broad SMARTS) is 1. The summed E-state index contributed by atoms with van der Waals surface area (Å²) in [5, 5.41) is 9.58. The molecule has 0 aliphatic rings. The lowest BCUT2D eigenvalue weighted by Gasteiger charge is -1.97. The minimum Gasteiger partial charge on any atom is -0.487 e. The van der Waals surface area contributed by atoms with Crippen molar-refractivity contribution in [3.63, 3.8) is 0 Å².